The normalized spacial score (nSPS) is 11.8. The molecule has 0 aliphatic heterocycles. The lowest BCUT2D eigenvalue weighted by Crippen LogP contribution is -2.22. The molecular formula is C16H18O4. The molecule has 0 fully saturated rings. The summed E-state index contributed by atoms with van der Waals surface area (Å²) >= 11 is 0. The van der Waals surface area contributed by atoms with Crippen molar-refractivity contribution in [1.29, 1.82) is 0 Å². The number of esters is 2. The fourth-order valence-electron chi connectivity index (χ4n) is 1.26. The van der Waals surface area contributed by atoms with Gasteiger partial charge in [-0.05, 0) is 32.4 Å². The maximum atomic E-state index is 11.4. The molecule has 20 heavy (non-hydrogen) atoms. The van der Waals surface area contributed by atoms with Gasteiger partial charge in [-0.1, -0.05) is 30.3 Å². The van der Waals surface area contributed by atoms with Gasteiger partial charge in [0.1, 0.15) is 11.9 Å². The van der Waals surface area contributed by atoms with Crippen LogP contribution in [0.4, 0.5) is 0 Å². The molecule has 0 spiro atoms. The third-order valence-corrected chi connectivity index (χ3v) is 2.01. The average molecular weight is 274 g/mol. The quantitative estimate of drug-likeness (QED) is 0.481. The lowest BCUT2D eigenvalue weighted by atomic mass is 10.2. The van der Waals surface area contributed by atoms with Crippen molar-refractivity contribution in [2.24, 2.45) is 0 Å². The SMILES string of the molecule is CC(C)(C)OC(=O)/C=C/OC(=O)/C=C/c1ccccc1. The monoisotopic (exact) mass is 274 g/mol. The highest BCUT2D eigenvalue weighted by Gasteiger charge is 2.13. The molecule has 0 unspecified atom stereocenters. The number of rotatable bonds is 4. The van der Waals surface area contributed by atoms with Gasteiger partial charge in [0.25, 0.3) is 0 Å². The molecular weight excluding hydrogens is 256 g/mol. The van der Waals surface area contributed by atoms with E-state index < -0.39 is 17.5 Å². The third kappa shape index (κ3) is 7.16. The van der Waals surface area contributed by atoms with Gasteiger partial charge >= 0.3 is 11.9 Å². The van der Waals surface area contributed by atoms with Crippen molar-refractivity contribution >= 4 is 18.0 Å². The molecule has 1 rings (SSSR count). The van der Waals surface area contributed by atoms with E-state index in [0.717, 1.165) is 17.9 Å². The largest absolute Gasteiger partial charge is 0.457 e. The van der Waals surface area contributed by atoms with Crippen molar-refractivity contribution in [2.75, 3.05) is 0 Å². The van der Waals surface area contributed by atoms with Gasteiger partial charge in [-0.15, -0.1) is 0 Å². The fourth-order valence-corrected chi connectivity index (χ4v) is 1.26. The number of benzene rings is 1. The van der Waals surface area contributed by atoms with E-state index in [9.17, 15) is 9.59 Å². The van der Waals surface area contributed by atoms with E-state index in [1.807, 2.05) is 30.3 Å². The van der Waals surface area contributed by atoms with Gasteiger partial charge in [-0.2, -0.15) is 0 Å². The Labute approximate surface area is 118 Å². The van der Waals surface area contributed by atoms with Crippen LogP contribution in [0.15, 0.2) is 48.7 Å². The summed E-state index contributed by atoms with van der Waals surface area (Å²) in [7, 11) is 0. The first-order valence-corrected chi connectivity index (χ1v) is 6.20. The average Bonchev–Trinajstić information content (AvgIpc) is 2.35. The highest BCUT2D eigenvalue weighted by Crippen LogP contribution is 2.07. The minimum atomic E-state index is -0.571. The van der Waals surface area contributed by atoms with Gasteiger partial charge < -0.3 is 9.47 Å². The highest BCUT2D eigenvalue weighted by atomic mass is 16.6. The van der Waals surface area contributed by atoms with Crippen LogP contribution >= 0.6 is 0 Å². The molecule has 1 aromatic carbocycles. The number of hydrogen-bond donors (Lipinski definition) is 0. The van der Waals surface area contributed by atoms with E-state index in [0.29, 0.717) is 0 Å². The standard InChI is InChI=1S/C16H18O4/c1-16(2,3)20-15(18)11-12-19-14(17)10-9-13-7-5-4-6-8-13/h4-12H,1-3H3/b10-9+,12-11+. The summed E-state index contributed by atoms with van der Waals surface area (Å²) in [4.78, 5) is 22.7. The summed E-state index contributed by atoms with van der Waals surface area (Å²) in [5, 5.41) is 0. The van der Waals surface area contributed by atoms with E-state index in [4.69, 9.17) is 9.47 Å². The maximum absolute atomic E-state index is 11.4. The van der Waals surface area contributed by atoms with Crippen LogP contribution in [0, 0.1) is 0 Å². The summed E-state index contributed by atoms with van der Waals surface area (Å²) < 4.78 is 9.76. The van der Waals surface area contributed by atoms with E-state index in [-0.39, 0.29) is 0 Å². The molecule has 0 heterocycles. The third-order valence-electron chi connectivity index (χ3n) is 2.01. The van der Waals surface area contributed by atoms with Gasteiger partial charge in [-0.3, -0.25) is 0 Å². The van der Waals surface area contributed by atoms with Gasteiger partial charge in [-0.25, -0.2) is 9.59 Å². The van der Waals surface area contributed by atoms with E-state index in [1.54, 1.807) is 26.8 Å². The van der Waals surface area contributed by atoms with Crippen LogP contribution in [-0.2, 0) is 19.1 Å². The second kappa shape index (κ2) is 7.28. The Hall–Kier alpha value is -2.36. The maximum Gasteiger partial charge on any atom is 0.335 e. The van der Waals surface area contributed by atoms with E-state index in [1.165, 1.54) is 6.08 Å². The van der Waals surface area contributed by atoms with Crippen LogP contribution in [0.3, 0.4) is 0 Å². The predicted octanol–water partition coefficient (Wildman–Crippen LogP) is 3.10. The zero-order valence-corrected chi connectivity index (χ0v) is 11.8. The zero-order valence-electron chi connectivity index (χ0n) is 11.8. The Kier molecular flexibility index (Phi) is 5.72. The van der Waals surface area contributed by atoms with Crippen molar-refractivity contribution in [2.45, 2.75) is 26.4 Å². The number of ether oxygens (including phenoxy) is 2. The van der Waals surface area contributed by atoms with Gasteiger partial charge in [0.2, 0.25) is 0 Å². The molecule has 0 bridgehead atoms. The topological polar surface area (TPSA) is 52.6 Å². The minimum absolute atomic E-state index is 0.558. The molecule has 4 nitrogen and oxygen atoms in total. The molecule has 0 aliphatic rings. The van der Waals surface area contributed by atoms with Gasteiger partial charge in [0.05, 0.1) is 6.08 Å². The second-order valence-corrected chi connectivity index (χ2v) is 5.02. The van der Waals surface area contributed by atoms with Crippen LogP contribution in [0.1, 0.15) is 26.3 Å². The van der Waals surface area contributed by atoms with Crippen LogP contribution in [-0.4, -0.2) is 17.5 Å². The Balaban J connectivity index is 2.40. The molecule has 0 aromatic heterocycles. The Bertz CT molecular complexity index is 507. The highest BCUT2D eigenvalue weighted by molar-refractivity contribution is 5.88. The molecule has 0 saturated heterocycles. The van der Waals surface area contributed by atoms with Crippen molar-refractivity contribution in [3.05, 3.63) is 54.3 Å². The zero-order chi connectivity index (χ0) is 15.0. The summed E-state index contributed by atoms with van der Waals surface area (Å²) in [5.74, 6) is -1.12. The smallest absolute Gasteiger partial charge is 0.335 e. The first kappa shape index (κ1) is 15.7. The van der Waals surface area contributed by atoms with Gasteiger partial charge in [0.15, 0.2) is 0 Å². The molecule has 4 heteroatoms. The molecule has 0 atom stereocenters. The summed E-state index contributed by atoms with van der Waals surface area (Å²) in [6.45, 7) is 5.27. The van der Waals surface area contributed by atoms with Crippen molar-refractivity contribution in [1.82, 2.24) is 0 Å². The first-order chi connectivity index (χ1) is 9.37. The van der Waals surface area contributed by atoms with E-state index in [2.05, 4.69) is 0 Å². The summed E-state index contributed by atoms with van der Waals surface area (Å²) in [6, 6.07) is 9.35. The predicted molar refractivity (Wildman–Crippen MR) is 76.6 cm³/mol. The number of hydrogen-bond acceptors (Lipinski definition) is 4. The van der Waals surface area contributed by atoms with Crippen LogP contribution in [0.5, 0.6) is 0 Å². The second-order valence-electron chi connectivity index (χ2n) is 5.02. The lowest BCUT2D eigenvalue weighted by Gasteiger charge is -2.17. The minimum Gasteiger partial charge on any atom is -0.457 e. The molecule has 0 saturated carbocycles. The molecule has 106 valence electrons. The summed E-state index contributed by atoms with van der Waals surface area (Å²) in [5.41, 5.74) is 0.319. The number of carbonyl (C=O) groups is 2. The molecule has 0 amide bonds. The number of carbonyl (C=O) groups excluding carboxylic acids is 2. The van der Waals surface area contributed by atoms with E-state index >= 15 is 0 Å². The summed E-state index contributed by atoms with van der Waals surface area (Å²) in [6.07, 6.45) is 5.00. The molecule has 1 aromatic rings. The van der Waals surface area contributed by atoms with Crippen molar-refractivity contribution < 1.29 is 19.1 Å². The van der Waals surface area contributed by atoms with Gasteiger partial charge in [0, 0.05) is 6.08 Å². The lowest BCUT2D eigenvalue weighted by molar-refractivity contribution is -0.148. The van der Waals surface area contributed by atoms with Crippen molar-refractivity contribution in [3.63, 3.8) is 0 Å². The molecule has 0 N–H and O–H groups in total. The van der Waals surface area contributed by atoms with Crippen LogP contribution < -0.4 is 0 Å². The van der Waals surface area contributed by atoms with Crippen LogP contribution in [0.25, 0.3) is 6.08 Å². The molecule has 0 radical (unpaired) electrons. The Morgan fingerprint density at radius 2 is 1.65 bits per heavy atom. The Morgan fingerprint density at radius 1 is 1.00 bits per heavy atom. The molecule has 0 aliphatic carbocycles. The Morgan fingerprint density at radius 3 is 2.25 bits per heavy atom. The van der Waals surface area contributed by atoms with Crippen LogP contribution in [0.2, 0.25) is 0 Å². The first-order valence-electron chi connectivity index (χ1n) is 6.20. The fraction of sp³-hybridized carbons (Fsp3) is 0.250. The van der Waals surface area contributed by atoms with Crippen molar-refractivity contribution in [3.8, 4) is 0 Å².